The Hall–Kier alpha value is -3.72. The number of aromatic nitrogens is 4. The molecular weight excluding hydrogens is 472 g/mol. The summed E-state index contributed by atoms with van der Waals surface area (Å²) in [5, 5.41) is 7.61. The van der Waals surface area contributed by atoms with E-state index in [2.05, 4.69) is 47.0 Å². The number of carbonyl (C=O) groups excluding carboxylic acids is 1. The Morgan fingerprint density at radius 2 is 1.86 bits per heavy atom. The quantitative estimate of drug-likeness (QED) is 0.308. The number of anilines is 2. The smallest absolute Gasteiger partial charge is 0.255 e. The van der Waals surface area contributed by atoms with Crippen LogP contribution >= 0.6 is 11.9 Å². The second-order valence-electron chi connectivity index (χ2n) is 9.68. The Balaban J connectivity index is 1.68. The molecule has 0 aliphatic carbocycles. The minimum atomic E-state index is -0.227. The van der Waals surface area contributed by atoms with Crippen LogP contribution in [-0.2, 0) is 12.5 Å². The minimum Gasteiger partial charge on any atom is -0.492 e. The van der Waals surface area contributed by atoms with Crippen molar-refractivity contribution in [1.29, 1.82) is 0 Å². The van der Waals surface area contributed by atoms with E-state index >= 15 is 0 Å². The zero-order valence-electron chi connectivity index (χ0n) is 21.7. The maximum atomic E-state index is 13.4. The summed E-state index contributed by atoms with van der Waals surface area (Å²) >= 11 is 1.47. The number of benzene rings is 2. The lowest BCUT2D eigenvalue weighted by atomic mass is 9.86. The summed E-state index contributed by atoms with van der Waals surface area (Å²) in [5.74, 6) is 0.362. The highest BCUT2D eigenvalue weighted by Gasteiger charge is 2.21. The van der Waals surface area contributed by atoms with Crippen molar-refractivity contribution in [2.75, 3.05) is 23.4 Å². The number of nitrogens with zero attached hydrogens (tertiary/aromatic N) is 4. The van der Waals surface area contributed by atoms with E-state index in [9.17, 15) is 4.79 Å². The second kappa shape index (κ2) is 10.1. The van der Waals surface area contributed by atoms with Gasteiger partial charge >= 0.3 is 0 Å². The average molecular weight is 505 g/mol. The summed E-state index contributed by atoms with van der Waals surface area (Å²) in [4.78, 5) is 17.6. The van der Waals surface area contributed by atoms with Crippen molar-refractivity contribution in [3.05, 3.63) is 71.9 Å². The highest BCUT2D eigenvalue weighted by atomic mass is 32.2. The minimum absolute atomic E-state index is 0.108. The molecule has 0 atom stereocenters. The number of amides is 1. The van der Waals surface area contributed by atoms with Gasteiger partial charge in [0.05, 0.1) is 48.6 Å². The number of rotatable bonds is 7. The van der Waals surface area contributed by atoms with Crippen LogP contribution in [0, 0.1) is 6.92 Å². The molecule has 0 aliphatic rings. The molecular formula is C27H32N6O2S. The van der Waals surface area contributed by atoms with Crippen molar-refractivity contribution >= 4 is 29.2 Å². The molecule has 0 aliphatic heterocycles. The molecule has 0 radical (unpaired) electrons. The van der Waals surface area contributed by atoms with E-state index in [1.807, 2.05) is 55.3 Å². The van der Waals surface area contributed by atoms with Gasteiger partial charge in [-0.2, -0.15) is 5.10 Å². The van der Waals surface area contributed by atoms with Gasteiger partial charge in [-0.3, -0.25) is 4.79 Å². The van der Waals surface area contributed by atoms with E-state index in [0.29, 0.717) is 17.0 Å². The molecule has 0 spiro atoms. The highest BCUT2D eigenvalue weighted by molar-refractivity contribution is 7.99. The first-order valence-corrected chi connectivity index (χ1v) is 12.8. The van der Waals surface area contributed by atoms with Gasteiger partial charge in [0, 0.05) is 30.6 Å². The first-order chi connectivity index (χ1) is 17.1. The lowest BCUT2D eigenvalue weighted by Crippen LogP contribution is -2.17. The molecule has 8 nitrogen and oxygen atoms in total. The fourth-order valence-corrected chi connectivity index (χ4v) is 4.35. The summed E-state index contributed by atoms with van der Waals surface area (Å²) in [6.07, 6.45) is 9.25. The molecule has 0 unspecified atom stereocenters. The molecule has 0 saturated heterocycles. The first kappa shape index (κ1) is 25.4. The van der Waals surface area contributed by atoms with Crippen LogP contribution in [0.3, 0.4) is 0 Å². The molecule has 2 heterocycles. The SMILES string of the molecule is COc1c(NSC)cc(C(C)(C)C)cc1NC(=O)c1ccc(C)c(-n2cc(-c3cncn3C)cn2)c1. The first-order valence-electron chi connectivity index (χ1n) is 11.6. The Kier molecular flexibility index (Phi) is 7.12. The Morgan fingerprint density at radius 1 is 1.11 bits per heavy atom. The Labute approximate surface area is 216 Å². The molecule has 2 aromatic carbocycles. The van der Waals surface area contributed by atoms with Gasteiger partial charge in [0.2, 0.25) is 0 Å². The van der Waals surface area contributed by atoms with Gasteiger partial charge in [0.25, 0.3) is 5.91 Å². The van der Waals surface area contributed by atoms with E-state index in [4.69, 9.17) is 4.74 Å². The van der Waals surface area contributed by atoms with E-state index < -0.39 is 0 Å². The van der Waals surface area contributed by atoms with Gasteiger partial charge in [-0.05, 0) is 47.7 Å². The number of methoxy groups -OCH3 is 1. The van der Waals surface area contributed by atoms with Gasteiger partial charge in [0.1, 0.15) is 0 Å². The topological polar surface area (TPSA) is 86.0 Å². The number of ether oxygens (including phenoxy) is 1. The second-order valence-corrected chi connectivity index (χ2v) is 10.3. The van der Waals surface area contributed by atoms with Crippen LogP contribution in [0.15, 0.2) is 55.2 Å². The van der Waals surface area contributed by atoms with Crippen molar-refractivity contribution in [1.82, 2.24) is 19.3 Å². The summed E-state index contributed by atoms with van der Waals surface area (Å²) < 4.78 is 12.7. The van der Waals surface area contributed by atoms with Crippen LogP contribution in [0.2, 0.25) is 0 Å². The van der Waals surface area contributed by atoms with Gasteiger partial charge < -0.3 is 19.3 Å². The number of imidazole rings is 1. The number of aryl methyl sites for hydroxylation is 2. The van der Waals surface area contributed by atoms with E-state index in [0.717, 1.165) is 33.8 Å². The number of hydrogen-bond acceptors (Lipinski definition) is 6. The number of carbonyl (C=O) groups is 1. The highest BCUT2D eigenvalue weighted by Crippen LogP contribution is 2.39. The fraction of sp³-hybridized carbons (Fsp3) is 0.296. The van der Waals surface area contributed by atoms with Crippen LogP contribution in [-0.4, -0.2) is 38.6 Å². The Morgan fingerprint density at radius 3 is 2.50 bits per heavy atom. The molecule has 9 heteroatoms. The largest absolute Gasteiger partial charge is 0.492 e. The van der Waals surface area contributed by atoms with Crippen molar-refractivity contribution in [3.63, 3.8) is 0 Å². The van der Waals surface area contributed by atoms with Crippen LogP contribution in [0.4, 0.5) is 11.4 Å². The molecule has 0 fully saturated rings. The van der Waals surface area contributed by atoms with Crippen LogP contribution < -0.4 is 14.8 Å². The van der Waals surface area contributed by atoms with Crippen LogP contribution in [0.5, 0.6) is 5.75 Å². The summed E-state index contributed by atoms with van der Waals surface area (Å²) in [6.45, 7) is 8.41. The zero-order valence-corrected chi connectivity index (χ0v) is 22.5. The monoisotopic (exact) mass is 504 g/mol. The maximum absolute atomic E-state index is 13.4. The fourth-order valence-electron chi connectivity index (χ4n) is 3.97. The van der Waals surface area contributed by atoms with Gasteiger partial charge in [0.15, 0.2) is 5.75 Å². The number of nitrogens with one attached hydrogen (secondary N) is 2. The van der Waals surface area contributed by atoms with Crippen molar-refractivity contribution in [2.45, 2.75) is 33.1 Å². The van der Waals surface area contributed by atoms with E-state index in [1.165, 1.54) is 11.9 Å². The lowest BCUT2D eigenvalue weighted by Gasteiger charge is -2.24. The molecule has 4 rings (SSSR count). The summed E-state index contributed by atoms with van der Waals surface area (Å²) in [7, 11) is 3.55. The molecule has 4 aromatic rings. The third-order valence-electron chi connectivity index (χ3n) is 6.03. The zero-order chi connectivity index (χ0) is 26.0. The molecule has 0 saturated carbocycles. The van der Waals surface area contributed by atoms with Crippen molar-refractivity contribution < 1.29 is 9.53 Å². The molecule has 36 heavy (non-hydrogen) atoms. The summed E-state index contributed by atoms with van der Waals surface area (Å²) in [6, 6.07) is 9.64. The molecule has 2 aromatic heterocycles. The molecule has 1 amide bonds. The van der Waals surface area contributed by atoms with Crippen molar-refractivity contribution in [2.24, 2.45) is 7.05 Å². The maximum Gasteiger partial charge on any atom is 0.255 e. The van der Waals surface area contributed by atoms with Gasteiger partial charge in [-0.15, -0.1) is 0 Å². The average Bonchev–Trinajstić information content (AvgIpc) is 3.47. The summed E-state index contributed by atoms with van der Waals surface area (Å²) in [5.41, 5.74) is 6.68. The van der Waals surface area contributed by atoms with Crippen LogP contribution in [0.25, 0.3) is 16.9 Å². The molecule has 0 bridgehead atoms. The van der Waals surface area contributed by atoms with Gasteiger partial charge in [-0.1, -0.05) is 38.8 Å². The third kappa shape index (κ3) is 5.11. The normalized spacial score (nSPS) is 11.4. The molecule has 188 valence electrons. The lowest BCUT2D eigenvalue weighted by molar-refractivity contribution is 0.102. The van der Waals surface area contributed by atoms with Crippen molar-refractivity contribution in [3.8, 4) is 22.7 Å². The Bertz CT molecular complexity index is 1400. The standard InChI is InChI=1S/C27H32N6O2S/c1-17-8-9-18(10-23(17)33-15-19(13-29-33)24-14-28-16-32(24)5)26(34)30-21-11-20(27(2,3)4)12-22(31-36-7)25(21)35-6/h8-16,31H,1-7H3,(H,30,34). The predicted molar refractivity (Wildman–Crippen MR) is 147 cm³/mol. The van der Waals surface area contributed by atoms with E-state index in [1.54, 1.807) is 30.5 Å². The number of hydrogen-bond donors (Lipinski definition) is 2. The van der Waals surface area contributed by atoms with Gasteiger partial charge in [-0.25, -0.2) is 9.67 Å². The van der Waals surface area contributed by atoms with Crippen LogP contribution in [0.1, 0.15) is 42.3 Å². The molecule has 2 N–H and O–H groups in total. The third-order valence-corrected chi connectivity index (χ3v) is 6.46. The predicted octanol–water partition coefficient (Wildman–Crippen LogP) is 5.83. The van der Waals surface area contributed by atoms with E-state index in [-0.39, 0.29) is 11.3 Å².